The molecule has 0 unspecified atom stereocenters. The van der Waals surface area contributed by atoms with Gasteiger partial charge in [0.2, 0.25) is 0 Å². The van der Waals surface area contributed by atoms with Gasteiger partial charge in [0.1, 0.15) is 0 Å². The van der Waals surface area contributed by atoms with E-state index in [2.05, 4.69) is 10.3 Å². The van der Waals surface area contributed by atoms with Crippen LogP contribution in [0.5, 0.6) is 0 Å². The SMILES string of the molecule is c1cc(COC[C@@H]2CCCN2)ccn1. The molecular weight excluding hydrogens is 176 g/mol. The molecule has 3 nitrogen and oxygen atoms in total. The number of hydrogen-bond acceptors (Lipinski definition) is 3. The van der Waals surface area contributed by atoms with Crippen LogP contribution in [0.15, 0.2) is 24.5 Å². The highest BCUT2D eigenvalue weighted by molar-refractivity contribution is 5.07. The summed E-state index contributed by atoms with van der Waals surface area (Å²) >= 11 is 0. The Kier molecular flexibility index (Phi) is 3.49. The second kappa shape index (κ2) is 5.08. The van der Waals surface area contributed by atoms with Gasteiger partial charge < -0.3 is 10.1 Å². The summed E-state index contributed by atoms with van der Waals surface area (Å²) in [5.41, 5.74) is 1.19. The van der Waals surface area contributed by atoms with E-state index in [-0.39, 0.29) is 0 Å². The molecule has 1 aliphatic rings. The maximum absolute atomic E-state index is 5.61. The van der Waals surface area contributed by atoms with Crippen LogP contribution in [0.2, 0.25) is 0 Å². The van der Waals surface area contributed by atoms with Crippen molar-refractivity contribution >= 4 is 0 Å². The van der Waals surface area contributed by atoms with Crippen molar-refractivity contribution in [1.82, 2.24) is 10.3 Å². The minimum Gasteiger partial charge on any atom is -0.375 e. The van der Waals surface area contributed by atoms with Crippen LogP contribution in [-0.2, 0) is 11.3 Å². The first-order valence-electron chi connectivity index (χ1n) is 5.15. The maximum atomic E-state index is 5.61. The third-order valence-electron chi connectivity index (χ3n) is 2.50. The Morgan fingerprint density at radius 2 is 2.29 bits per heavy atom. The molecule has 1 N–H and O–H groups in total. The average molecular weight is 192 g/mol. The fourth-order valence-electron chi connectivity index (χ4n) is 1.70. The lowest BCUT2D eigenvalue weighted by Gasteiger charge is -2.10. The second-order valence-corrected chi connectivity index (χ2v) is 3.66. The van der Waals surface area contributed by atoms with Crippen LogP contribution in [0.3, 0.4) is 0 Å². The number of ether oxygens (including phenoxy) is 1. The van der Waals surface area contributed by atoms with Crippen molar-refractivity contribution in [3.05, 3.63) is 30.1 Å². The molecule has 3 heteroatoms. The smallest absolute Gasteiger partial charge is 0.0718 e. The van der Waals surface area contributed by atoms with Crippen molar-refractivity contribution < 1.29 is 4.74 Å². The standard InChI is InChI=1S/C11H16N2O/c1-2-11(13-5-1)9-14-8-10-3-6-12-7-4-10/h3-4,6-7,11,13H,1-2,5,8-9H2/t11-/m0/s1. The Balaban J connectivity index is 1.67. The third-order valence-corrected chi connectivity index (χ3v) is 2.50. The summed E-state index contributed by atoms with van der Waals surface area (Å²) in [7, 11) is 0. The van der Waals surface area contributed by atoms with Gasteiger partial charge in [0.15, 0.2) is 0 Å². The van der Waals surface area contributed by atoms with Crippen molar-refractivity contribution in [1.29, 1.82) is 0 Å². The Hall–Kier alpha value is -0.930. The van der Waals surface area contributed by atoms with E-state index in [0.29, 0.717) is 12.6 Å². The molecule has 1 atom stereocenters. The van der Waals surface area contributed by atoms with Crippen LogP contribution in [0.1, 0.15) is 18.4 Å². The molecule has 0 saturated carbocycles. The van der Waals surface area contributed by atoms with Crippen LogP contribution in [0.4, 0.5) is 0 Å². The van der Waals surface area contributed by atoms with Gasteiger partial charge in [-0.25, -0.2) is 0 Å². The van der Waals surface area contributed by atoms with E-state index in [1.807, 2.05) is 12.1 Å². The average Bonchev–Trinajstić information content (AvgIpc) is 2.72. The topological polar surface area (TPSA) is 34.1 Å². The normalized spacial score (nSPS) is 21.3. The molecule has 0 radical (unpaired) electrons. The molecular formula is C11H16N2O. The second-order valence-electron chi connectivity index (χ2n) is 3.66. The van der Waals surface area contributed by atoms with Crippen molar-refractivity contribution in [3.8, 4) is 0 Å². The number of aromatic nitrogens is 1. The monoisotopic (exact) mass is 192 g/mol. The van der Waals surface area contributed by atoms with Crippen molar-refractivity contribution in [3.63, 3.8) is 0 Å². The zero-order valence-electron chi connectivity index (χ0n) is 8.28. The summed E-state index contributed by atoms with van der Waals surface area (Å²) in [6.07, 6.45) is 6.12. The van der Waals surface area contributed by atoms with Gasteiger partial charge in [0.05, 0.1) is 13.2 Å². The predicted octanol–water partition coefficient (Wildman–Crippen LogP) is 1.35. The first-order chi connectivity index (χ1) is 6.95. The van der Waals surface area contributed by atoms with Crippen LogP contribution in [0.25, 0.3) is 0 Å². The quantitative estimate of drug-likeness (QED) is 0.782. The summed E-state index contributed by atoms with van der Waals surface area (Å²) in [5, 5.41) is 3.41. The predicted molar refractivity (Wildman–Crippen MR) is 54.9 cm³/mol. The highest BCUT2D eigenvalue weighted by atomic mass is 16.5. The number of pyridine rings is 1. The number of rotatable bonds is 4. The van der Waals surface area contributed by atoms with E-state index < -0.39 is 0 Å². The lowest BCUT2D eigenvalue weighted by Crippen LogP contribution is -2.26. The third kappa shape index (κ3) is 2.79. The molecule has 0 aromatic carbocycles. The zero-order valence-corrected chi connectivity index (χ0v) is 8.28. The van der Waals surface area contributed by atoms with E-state index in [1.165, 1.54) is 18.4 Å². The summed E-state index contributed by atoms with van der Waals surface area (Å²) in [5.74, 6) is 0. The lowest BCUT2D eigenvalue weighted by molar-refractivity contribution is 0.103. The first-order valence-corrected chi connectivity index (χ1v) is 5.15. The molecule has 76 valence electrons. The Morgan fingerprint density at radius 3 is 3.00 bits per heavy atom. The van der Waals surface area contributed by atoms with Crippen LogP contribution < -0.4 is 5.32 Å². The fourth-order valence-corrected chi connectivity index (χ4v) is 1.70. The van der Waals surface area contributed by atoms with Crippen molar-refractivity contribution in [2.24, 2.45) is 0 Å². The van der Waals surface area contributed by atoms with E-state index in [1.54, 1.807) is 12.4 Å². The number of nitrogens with one attached hydrogen (secondary N) is 1. The summed E-state index contributed by atoms with van der Waals surface area (Å²) in [4.78, 5) is 3.96. The minimum atomic E-state index is 0.567. The minimum absolute atomic E-state index is 0.567. The molecule has 1 saturated heterocycles. The van der Waals surface area contributed by atoms with Crippen molar-refractivity contribution in [2.45, 2.75) is 25.5 Å². The molecule has 1 aromatic rings. The molecule has 0 amide bonds. The molecule has 0 aliphatic carbocycles. The van der Waals surface area contributed by atoms with Gasteiger partial charge in [-0.05, 0) is 37.1 Å². The van der Waals surface area contributed by atoms with Gasteiger partial charge in [-0.2, -0.15) is 0 Å². The van der Waals surface area contributed by atoms with E-state index >= 15 is 0 Å². The maximum Gasteiger partial charge on any atom is 0.0718 e. The van der Waals surface area contributed by atoms with Gasteiger partial charge >= 0.3 is 0 Å². The Morgan fingerprint density at radius 1 is 1.43 bits per heavy atom. The van der Waals surface area contributed by atoms with Crippen molar-refractivity contribution in [2.75, 3.05) is 13.2 Å². The molecule has 2 rings (SSSR count). The van der Waals surface area contributed by atoms with Gasteiger partial charge in [-0.3, -0.25) is 4.98 Å². The summed E-state index contributed by atoms with van der Waals surface area (Å²) in [6.45, 7) is 2.66. The number of hydrogen-bond donors (Lipinski definition) is 1. The molecule has 0 bridgehead atoms. The zero-order chi connectivity index (χ0) is 9.64. The highest BCUT2D eigenvalue weighted by Gasteiger charge is 2.13. The Labute approximate surface area is 84.5 Å². The van der Waals surface area contributed by atoms with Crippen LogP contribution >= 0.6 is 0 Å². The molecule has 14 heavy (non-hydrogen) atoms. The van der Waals surface area contributed by atoms with Gasteiger partial charge in [0.25, 0.3) is 0 Å². The van der Waals surface area contributed by atoms with Crippen LogP contribution in [0, 0.1) is 0 Å². The highest BCUT2D eigenvalue weighted by Crippen LogP contribution is 2.06. The lowest BCUT2D eigenvalue weighted by atomic mass is 10.2. The first kappa shape index (κ1) is 9.62. The van der Waals surface area contributed by atoms with E-state index in [9.17, 15) is 0 Å². The largest absolute Gasteiger partial charge is 0.375 e. The van der Waals surface area contributed by atoms with Crippen LogP contribution in [-0.4, -0.2) is 24.2 Å². The molecule has 0 spiro atoms. The summed E-state index contributed by atoms with van der Waals surface area (Å²) < 4.78 is 5.61. The van der Waals surface area contributed by atoms with Gasteiger partial charge in [-0.1, -0.05) is 0 Å². The molecule has 1 aromatic heterocycles. The molecule has 2 heterocycles. The van der Waals surface area contributed by atoms with E-state index in [0.717, 1.165) is 13.2 Å². The molecule has 1 aliphatic heterocycles. The van der Waals surface area contributed by atoms with E-state index in [4.69, 9.17) is 4.74 Å². The Bertz CT molecular complexity index is 257. The number of nitrogens with zero attached hydrogens (tertiary/aromatic N) is 1. The van der Waals surface area contributed by atoms with Gasteiger partial charge in [0, 0.05) is 18.4 Å². The fraction of sp³-hybridized carbons (Fsp3) is 0.545. The van der Waals surface area contributed by atoms with Gasteiger partial charge in [-0.15, -0.1) is 0 Å². The summed E-state index contributed by atoms with van der Waals surface area (Å²) in [6, 6.07) is 4.54. The molecule has 1 fully saturated rings.